The van der Waals surface area contributed by atoms with E-state index in [0.717, 1.165) is 30.7 Å². The van der Waals surface area contributed by atoms with E-state index in [4.69, 9.17) is 0 Å². The number of hydrogen-bond acceptors (Lipinski definition) is 4. The molecule has 3 unspecified atom stereocenters. The van der Waals surface area contributed by atoms with Crippen molar-refractivity contribution in [3.63, 3.8) is 0 Å². The first-order chi connectivity index (χ1) is 16.8. The normalized spacial score (nSPS) is 21.0. The van der Waals surface area contributed by atoms with Gasteiger partial charge in [-0.15, -0.1) is 0 Å². The van der Waals surface area contributed by atoms with Gasteiger partial charge in [-0.25, -0.2) is 13.6 Å². The van der Waals surface area contributed by atoms with Gasteiger partial charge in [0.2, 0.25) is 5.91 Å². The largest absolute Gasteiger partial charge is 0.378 e. The van der Waals surface area contributed by atoms with Crippen molar-refractivity contribution in [1.82, 2.24) is 10.6 Å². The zero-order valence-corrected chi connectivity index (χ0v) is 20.6. The SMILES string of the molecule is CN(C)c1ccc(/C=C/c2c(F)cccc2F)c(NC(=O)CCCCC2SCC3NC(=O)NC32)c1. The van der Waals surface area contributed by atoms with E-state index in [1.165, 1.54) is 24.3 Å². The Balaban J connectivity index is 1.36. The number of benzene rings is 2. The van der Waals surface area contributed by atoms with Crippen LogP contribution in [0.4, 0.5) is 25.0 Å². The molecule has 9 heteroatoms. The van der Waals surface area contributed by atoms with Crippen LogP contribution in [0.2, 0.25) is 0 Å². The Morgan fingerprint density at radius 2 is 1.91 bits per heavy atom. The zero-order valence-electron chi connectivity index (χ0n) is 19.8. The van der Waals surface area contributed by atoms with Crippen molar-refractivity contribution >= 4 is 47.2 Å². The molecule has 6 nitrogen and oxygen atoms in total. The summed E-state index contributed by atoms with van der Waals surface area (Å²) in [6.07, 6.45) is 5.93. The van der Waals surface area contributed by atoms with Crippen molar-refractivity contribution < 1.29 is 18.4 Å². The maximum atomic E-state index is 14.0. The molecule has 2 heterocycles. The number of hydrogen-bond donors (Lipinski definition) is 3. The van der Waals surface area contributed by atoms with E-state index in [9.17, 15) is 18.4 Å². The number of carbonyl (C=O) groups is 2. The number of nitrogens with one attached hydrogen (secondary N) is 3. The van der Waals surface area contributed by atoms with Crippen LogP contribution in [0.3, 0.4) is 0 Å². The van der Waals surface area contributed by atoms with Crippen LogP contribution in [0.25, 0.3) is 12.2 Å². The second-order valence-corrected chi connectivity index (χ2v) is 10.3. The van der Waals surface area contributed by atoms with Gasteiger partial charge in [-0.3, -0.25) is 4.79 Å². The number of unbranched alkanes of at least 4 members (excludes halogenated alkanes) is 1. The first kappa shape index (κ1) is 25.0. The van der Waals surface area contributed by atoms with Crippen molar-refractivity contribution in [2.45, 2.75) is 43.0 Å². The summed E-state index contributed by atoms with van der Waals surface area (Å²) in [5.41, 5.74) is 2.02. The number of fused-ring (bicyclic) bond motifs is 1. The average Bonchev–Trinajstić information content (AvgIpc) is 3.36. The fourth-order valence-corrected chi connectivity index (χ4v) is 5.95. The molecule has 2 saturated heterocycles. The second kappa shape index (κ2) is 11.1. The minimum Gasteiger partial charge on any atom is -0.378 e. The Morgan fingerprint density at radius 1 is 1.14 bits per heavy atom. The van der Waals surface area contributed by atoms with Gasteiger partial charge in [0, 0.05) is 42.8 Å². The molecule has 0 spiro atoms. The summed E-state index contributed by atoms with van der Waals surface area (Å²) in [5, 5.41) is 9.27. The molecular formula is C26H30F2N4O2S. The monoisotopic (exact) mass is 500 g/mol. The molecule has 3 amide bonds. The highest BCUT2D eigenvalue weighted by Crippen LogP contribution is 2.33. The number of anilines is 2. The minimum atomic E-state index is -0.642. The van der Waals surface area contributed by atoms with Gasteiger partial charge in [-0.2, -0.15) is 11.8 Å². The number of thioether (sulfide) groups is 1. The van der Waals surface area contributed by atoms with Gasteiger partial charge in [0.05, 0.1) is 17.8 Å². The Labute approximate surface area is 208 Å². The molecule has 2 fully saturated rings. The lowest BCUT2D eigenvalue weighted by molar-refractivity contribution is -0.116. The second-order valence-electron chi connectivity index (χ2n) is 9.05. The highest BCUT2D eigenvalue weighted by Gasteiger charge is 2.42. The molecule has 2 aromatic carbocycles. The quantitative estimate of drug-likeness (QED) is 0.261. The van der Waals surface area contributed by atoms with Crippen LogP contribution < -0.4 is 20.9 Å². The van der Waals surface area contributed by atoms with Crippen LogP contribution in [0, 0.1) is 11.6 Å². The molecular weight excluding hydrogens is 470 g/mol. The number of halogens is 2. The molecule has 4 rings (SSSR count). The van der Waals surface area contributed by atoms with Crippen molar-refractivity contribution in [3.8, 4) is 0 Å². The first-order valence-corrected chi connectivity index (χ1v) is 12.8. The van der Waals surface area contributed by atoms with E-state index in [2.05, 4.69) is 16.0 Å². The third kappa shape index (κ3) is 6.14. The van der Waals surface area contributed by atoms with Crippen molar-refractivity contribution in [2.75, 3.05) is 30.1 Å². The zero-order chi connectivity index (χ0) is 24.9. The van der Waals surface area contributed by atoms with Gasteiger partial charge in [-0.1, -0.05) is 24.6 Å². The Kier molecular flexibility index (Phi) is 7.95. The molecule has 0 bridgehead atoms. The summed E-state index contributed by atoms with van der Waals surface area (Å²) in [5.74, 6) is -0.475. The highest BCUT2D eigenvalue weighted by molar-refractivity contribution is 8.00. The number of carbonyl (C=O) groups excluding carboxylic acids is 2. The van der Waals surface area contributed by atoms with Gasteiger partial charge < -0.3 is 20.9 Å². The van der Waals surface area contributed by atoms with Gasteiger partial charge in [0.1, 0.15) is 11.6 Å². The van der Waals surface area contributed by atoms with E-state index in [1.54, 1.807) is 6.08 Å². The predicted molar refractivity (Wildman–Crippen MR) is 139 cm³/mol. The fourth-order valence-electron chi connectivity index (χ4n) is 4.41. The van der Waals surface area contributed by atoms with Gasteiger partial charge in [-0.05, 0) is 48.7 Å². The standard InChI is InChI=1S/C26H30F2N4O2S/c1-32(2)17-12-10-16(11-13-18-19(27)6-5-7-20(18)28)21(14-17)29-24(33)9-4-3-8-23-25-22(15-35-23)30-26(34)31-25/h5-7,10-14,22-23,25H,3-4,8-9,15H2,1-2H3,(H,29,33)(H2,30,31,34)/b13-11+. The molecule has 0 aliphatic carbocycles. The lowest BCUT2D eigenvalue weighted by atomic mass is 10.0. The summed E-state index contributed by atoms with van der Waals surface area (Å²) in [4.78, 5) is 26.1. The summed E-state index contributed by atoms with van der Waals surface area (Å²) in [6.45, 7) is 0. The Bertz CT molecular complexity index is 1100. The van der Waals surface area contributed by atoms with Crippen LogP contribution in [-0.2, 0) is 4.79 Å². The summed E-state index contributed by atoms with van der Waals surface area (Å²) in [7, 11) is 3.80. The maximum absolute atomic E-state index is 14.0. The van der Waals surface area contributed by atoms with E-state index in [0.29, 0.717) is 22.9 Å². The van der Waals surface area contributed by atoms with E-state index >= 15 is 0 Å². The molecule has 2 aromatic rings. The van der Waals surface area contributed by atoms with Crippen LogP contribution in [0.1, 0.15) is 36.8 Å². The minimum absolute atomic E-state index is 0.0905. The first-order valence-electron chi connectivity index (χ1n) is 11.7. The van der Waals surface area contributed by atoms with Crippen LogP contribution in [0.5, 0.6) is 0 Å². The van der Waals surface area contributed by atoms with Crippen molar-refractivity contribution in [2.24, 2.45) is 0 Å². The van der Waals surface area contributed by atoms with E-state index in [1.807, 2.05) is 49.0 Å². The third-order valence-electron chi connectivity index (χ3n) is 6.34. The summed E-state index contributed by atoms with van der Waals surface area (Å²) < 4.78 is 28.0. The lowest BCUT2D eigenvalue weighted by Gasteiger charge is -2.17. The van der Waals surface area contributed by atoms with Crippen molar-refractivity contribution in [1.29, 1.82) is 0 Å². The molecule has 2 aliphatic rings. The number of rotatable bonds is 9. The molecule has 0 aromatic heterocycles. The number of urea groups is 1. The van der Waals surface area contributed by atoms with Crippen LogP contribution in [0.15, 0.2) is 36.4 Å². The lowest BCUT2D eigenvalue weighted by Crippen LogP contribution is -2.36. The third-order valence-corrected chi connectivity index (χ3v) is 7.85. The maximum Gasteiger partial charge on any atom is 0.315 e. The van der Waals surface area contributed by atoms with Crippen molar-refractivity contribution in [3.05, 3.63) is 59.2 Å². The molecule has 2 aliphatic heterocycles. The fraction of sp³-hybridized carbons (Fsp3) is 0.385. The molecule has 0 radical (unpaired) electrons. The summed E-state index contributed by atoms with van der Waals surface area (Å²) in [6, 6.07) is 9.58. The van der Waals surface area contributed by atoms with Crippen LogP contribution in [-0.4, -0.2) is 49.1 Å². The Hall–Kier alpha value is -3.07. The molecule has 3 N–H and O–H groups in total. The van der Waals surface area contributed by atoms with Gasteiger partial charge in [0.25, 0.3) is 0 Å². The smallest absolute Gasteiger partial charge is 0.315 e. The summed E-state index contributed by atoms with van der Waals surface area (Å²) >= 11 is 1.87. The number of nitrogens with zero attached hydrogens (tertiary/aromatic N) is 1. The van der Waals surface area contributed by atoms with E-state index < -0.39 is 11.6 Å². The molecule has 3 atom stereocenters. The Morgan fingerprint density at radius 3 is 2.66 bits per heavy atom. The molecule has 186 valence electrons. The van der Waals surface area contributed by atoms with Gasteiger partial charge >= 0.3 is 6.03 Å². The van der Waals surface area contributed by atoms with Crippen LogP contribution >= 0.6 is 11.8 Å². The topological polar surface area (TPSA) is 73.5 Å². The van der Waals surface area contributed by atoms with Gasteiger partial charge in [0.15, 0.2) is 0 Å². The molecule has 0 saturated carbocycles. The average molecular weight is 501 g/mol. The predicted octanol–water partition coefficient (Wildman–Crippen LogP) is 4.87. The number of amides is 3. The molecule has 35 heavy (non-hydrogen) atoms. The highest BCUT2D eigenvalue weighted by atomic mass is 32.2. The van der Waals surface area contributed by atoms with E-state index in [-0.39, 0.29) is 29.6 Å².